The highest BCUT2D eigenvalue weighted by atomic mass is 19.1. The average Bonchev–Trinajstić information content (AvgIpc) is 2.49. The van der Waals surface area contributed by atoms with Crippen LogP contribution in [0.1, 0.15) is 24.2 Å². The minimum atomic E-state index is -0.980. The van der Waals surface area contributed by atoms with Crippen molar-refractivity contribution in [3.05, 3.63) is 53.8 Å². The van der Waals surface area contributed by atoms with Gasteiger partial charge in [0.2, 0.25) is 0 Å². The maximum Gasteiger partial charge on any atom is 0.268 e. The van der Waals surface area contributed by atoms with Crippen molar-refractivity contribution in [2.45, 2.75) is 19.4 Å². The van der Waals surface area contributed by atoms with Crippen LogP contribution < -0.4 is 15.4 Å². The van der Waals surface area contributed by atoms with Crippen LogP contribution in [0.15, 0.2) is 42.5 Å². The smallest absolute Gasteiger partial charge is 0.268 e. The summed E-state index contributed by atoms with van der Waals surface area (Å²) in [5.41, 5.74) is 0.160. The molecule has 2 amide bonds. The molecule has 23 heavy (non-hydrogen) atoms. The van der Waals surface area contributed by atoms with Gasteiger partial charge in [-0.05, 0) is 50.2 Å². The number of carbonyl (C=O) groups excluding carboxylic acids is 2. The van der Waals surface area contributed by atoms with Crippen LogP contribution in [0.2, 0.25) is 0 Å². The van der Waals surface area contributed by atoms with Gasteiger partial charge in [-0.2, -0.15) is 0 Å². The molecule has 0 spiro atoms. The van der Waals surface area contributed by atoms with Crippen molar-refractivity contribution in [3.8, 4) is 5.75 Å². The maximum absolute atomic E-state index is 12.9. The van der Waals surface area contributed by atoms with E-state index in [2.05, 4.69) is 10.6 Å². The van der Waals surface area contributed by atoms with Gasteiger partial charge in [0, 0.05) is 5.56 Å². The summed E-state index contributed by atoms with van der Waals surface area (Å²) in [6.45, 7) is 3.32. The standard InChI is InChI=1S/C17H15FN2O3/c1-17(2)16(22)20-14-12(4-3-5-13(14)23-17)19-15(21)10-6-8-11(18)9-7-10/h3-9H,1-2H3,(H,19,21)(H,20,22). The zero-order chi connectivity index (χ0) is 16.6. The van der Waals surface area contributed by atoms with E-state index in [9.17, 15) is 14.0 Å². The quantitative estimate of drug-likeness (QED) is 0.894. The molecule has 1 heterocycles. The predicted octanol–water partition coefficient (Wildman–Crippen LogP) is 3.19. The second-order valence-corrected chi connectivity index (χ2v) is 5.71. The van der Waals surface area contributed by atoms with Crippen molar-refractivity contribution in [1.82, 2.24) is 0 Å². The van der Waals surface area contributed by atoms with Crippen molar-refractivity contribution in [1.29, 1.82) is 0 Å². The van der Waals surface area contributed by atoms with Gasteiger partial charge in [-0.25, -0.2) is 4.39 Å². The van der Waals surface area contributed by atoms with Gasteiger partial charge in [0.1, 0.15) is 17.3 Å². The Morgan fingerprint density at radius 1 is 1.17 bits per heavy atom. The zero-order valence-electron chi connectivity index (χ0n) is 12.6. The van der Waals surface area contributed by atoms with E-state index in [1.807, 2.05) is 0 Å². The van der Waals surface area contributed by atoms with Gasteiger partial charge < -0.3 is 15.4 Å². The van der Waals surface area contributed by atoms with E-state index in [1.54, 1.807) is 32.0 Å². The fraction of sp³-hybridized carbons (Fsp3) is 0.176. The van der Waals surface area contributed by atoms with E-state index < -0.39 is 17.3 Å². The van der Waals surface area contributed by atoms with Gasteiger partial charge in [0.15, 0.2) is 5.60 Å². The molecule has 118 valence electrons. The fourth-order valence-electron chi connectivity index (χ4n) is 2.23. The lowest BCUT2D eigenvalue weighted by molar-refractivity contribution is -0.129. The number of halogens is 1. The van der Waals surface area contributed by atoms with E-state index in [0.717, 1.165) is 0 Å². The molecule has 1 aliphatic rings. The fourth-order valence-corrected chi connectivity index (χ4v) is 2.23. The first-order chi connectivity index (χ1) is 10.9. The molecular weight excluding hydrogens is 299 g/mol. The third-order valence-electron chi connectivity index (χ3n) is 3.53. The molecule has 0 aliphatic carbocycles. The summed E-state index contributed by atoms with van der Waals surface area (Å²) in [6, 6.07) is 10.3. The average molecular weight is 314 g/mol. The molecule has 1 aliphatic heterocycles. The van der Waals surface area contributed by atoms with Crippen molar-refractivity contribution in [2.75, 3.05) is 10.6 Å². The van der Waals surface area contributed by atoms with E-state index >= 15 is 0 Å². The third-order valence-corrected chi connectivity index (χ3v) is 3.53. The number of nitrogens with one attached hydrogen (secondary N) is 2. The summed E-state index contributed by atoms with van der Waals surface area (Å²) in [7, 11) is 0. The predicted molar refractivity (Wildman–Crippen MR) is 84.1 cm³/mol. The zero-order valence-corrected chi connectivity index (χ0v) is 12.6. The lowest BCUT2D eigenvalue weighted by Gasteiger charge is -2.32. The Balaban J connectivity index is 1.89. The summed E-state index contributed by atoms with van der Waals surface area (Å²) < 4.78 is 18.6. The number of hydrogen-bond donors (Lipinski definition) is 2. The lowest BCUT2D eigenvalue weighted by Crippen LogP contribution is -2.45. The molecule has 0 unspecified atom stereocenters. The van der Waals surface area contributed by atoms with Gasteiger partial charge >= 0.3 is 0 Å². The third kappa shape index (κ3) is 2.88. The summed E-state index contributed by atoms with van der Waals surface area (Å²) in [5.74, 6) is -0.640. The van der Waals surface area contributed by atoms with Crippen LogP contribution in [0.25, 0.3) is 0 Å². The Hall–Kier alpha value is -2.89. The van der Waals surface area contributed by atoms with Crippen molar-refractivity contribution >= 4 is 23.2 Å². The first-order valence-electron chi connectivity index (χ1n) is 7.07. The largest absolute Gasteiger partial charge is 0.476 e. The molecule has 5 nitrogen and oxygen atoms in total. The Bertz CT molecular complexity index is 785. The highest BCUT2D eigenvalue weighted by Gasteiger charge is 2.36. The van der Waals surface area contributed by atoms with E-state index in [1.165, 1.54) is 24.3 Å². The normalized spacial score (nSPS) is 15.2. The number of para-hydroxylation sites is 1. The molecule has 2 aromatic carbocycles. The number of rotatable bonds is 2. The molecule has 0 bridgehead atoms. The summed E-state index contributed by atoms with van der Waals surface area (Å²) in [4.78, 5) is 24.3. The minimum Gasteiger partial charge on any atom is -0.476 e. The molecule has 6 heteroatoms. The van der Waals surface area contributed by atoms with E-state index in [-0.39, 0.29) is 5.91 Å². The molecule has 0 radical (unpaired) electrons. The summed E-state index contributed by atoms with van der Waals surface area (Å²) in [5, 5.41) is 5.44. The minimum absolute atomic E-state index is 0.298. The second kappa shape index (κ2) is 5.39. The van der Waals surface area contributed by atoms with Crippen molar-refractivity contribution in [3.63, 3.8) is 0 Å². The highest BCUT2D eigenvalue weighted by molar-refractivity contribution is 6.09. The second-order valence-electron chi connectivity index (χ2n) is 5.71. The van der Waals surface area contributed by atoms with Crippen LogP contribution in [-0.4, -0.2) is 17.4 Å². The highest BCUT2D eigenvalue weighted by Crippen LogP contribution is 2.39. The Labute approximate surface area is 132 Å². The number of ether oxygens (including phenoxy) is 1. The monoisotopic (exact) mass is 314 g/mol. The van der Waals surface area contributed by atoms with Gasteiger partial charge in [-0.3, -0.25) is 9.59 Å². The van der Waals surface area contributed by atoms with Crippen LogP contribution in [-0.2, 0) is 4.79 Å². The van der Waals surface area contributed by atoms with Gasteiger partial charge in [-0.1, -0.05) is 6.07 Å². The molecule has 2 aromatic rings. The lowest BCUT2D eigenvalue weighted by atomic mass is 10.1. The van der Waals surface area contributed by atoms with E-state index in [4.69, 9.17) is 4.74 Å². The maximum atomic E-state index is 12.9. The van der Waals surface area contributed by atoms with Crippen molar-refractivity contribution < 1.29 is 18.7 Å². The molecule has 3 rings (SSSR count). The van der Waals surface area contributed by atoms with Crippen LogP contribution in [0.3, 0.4) is 0 Å². The molecule has 2 N–H and O–H groups in total. The summed E-state index contributed by atoms with van der Waals surface area (Å²) >= 11 is 0. The number of anilines is 2. The van der Waals surface area contributed by atoms with Gasteiger partial charge in [-0.15, -0.1) is 0 Å². The Morgan fingerprint density at radius 3 is 2.57 bits per heavy atom. The molecule has 0 saturated carbocycles. The molecule has 0 saturated heterocycles. The van der Waals surface area contributed by atoms with Crippen LogP contribution in [0, 0.1) is 5.82 Å². The van der Waals surface area contributed by atoms with Crippen molar-refractivity contribution in [2.24, 2.45) is 0 Å². The van der Waals surface area contributed by atoms with Crippen LogP contribution in [0.4, 0.5) is 15.8 Å². The van der Waals surface area contributed by atoms with Gasteiger partial charge in [0.05, 0.1) is 5.69 Å². The number of benzene rings is 2. The Kier molecular flexibility index (Phi) is 3.52. The Morgan fingerprint density at radius 2 is 1.87 bits per heavy atom. The number of carbonyl (C=O) groups is 2. The number of fused-ring (bicyclic) bond motifs is 1. The summed E-state index contributed by atoms with van der Waals surface area (Å²) in [6.07, 6.45) is 0. The molecule has 0 fully saturated rings. The number of amides is 2. The first-order valence-corrected chi connectivity index (χ1v) is 7.07. The topological polar surface area (TPSA) is 67.4 Å². The molecule has 0 atom stereocenters. The SMILES string of the molecule is CC1(C)Oc2cccc(NC(=O)c3ccc(F)cc3)c2NC1=O. The van der Waals surface area contributed by atoms with E-state index in [0.29, 0.717) is 22.7 Å². The molecular formula is C17H15FN2O3. The number of hydrogen-bond acceptors (Lipinski definition) is 3. The molecule has 0 aromatic heterocycles. The van der Waals surface area contributed by atoms with Gasteiger partial charge in [0.25, 0.3) is 11.8 Å². The first kappa shape index (κ1) is 15.0. The van der Waals surface area contributed by atoms with Crippen LogP contribution in [0.5, 0.6) is 5.75 Å². The van der Waals surface area contributed by atoms with Crippen LogP contribution >= 0.6 is 0 Å².